The summed E-state index contributed by atoms with van der Waals surface area (Å²) in [5, 5.41) is 4.18. The molecule has 2 heterocycles. The van der Waals surface area contributed by atoms with E-state index in [4.69, 9.17) is 0 Å². The monoisotopic (exact) mass is 282 g/mol. The lowest BCUT2D eigenvalue weighted by atomic mass is 10.1. The average Bonchev–Trinajstić information content (AvgIpc) is 3.08. The molecule has 1 atom stereocenters. The number of benzene rings is 1. The van der Waals surface area contributed by atoms with Crippen molar-refractivity contribution in [1.82, 2.24) is 19.7 Å². The predicted octanol–water partition coefficient (Wildman–Crippen LogP) is 2.16. The van der Waals surface area contributed by atoms with E-state index in [1.807, 2.05) is 46.0 Å². The fourth-order valence-electron chi connectivity index (χ4n) is 2.61. The number of rotatable bonds is 3. The minimum Gasteiger partial charge on any atom is -0.337 e. The van der Waals surface area contributed by atoms with Gasteiger partial charge in [0.2, 0.25) is 5.91 Å². The largest absolute Gasteiger partial charge is 0.337 e. The highest BCUT2D eigenvalue weighted by atomic mass is 16.2. The number of hydrogen-bond donors (Lipinski definition) is 0. The molecule has 1 aromatic carbocycles. The summed E-state index contributed by atoms with van der Waals surface area (Å²) in [4.78, 5) is 18.1. The molecule has 0 bridgehead atoms. The molecule has 5 nitrogen and oxygen atoms in total. The van der Waals surface area contributed by atoms with Gasteiger partial charge in [0.05, 0.1) is 6.04 Å². The van der Waals surface area contributed by atoms with E-state index in [0.29, 0.717) is 6.54 Å². The van der Waals surface area contributed by atoms with E-state index in [-0.39, 0.29) is 11.9 Å². The molecule has 1 fully saturated rings. The summed E-state index contributed by atoms with van der Waals surface area (Å²) in [5.41, 5.74) is 1.04. The van der Waals surface area contributed by atoms with Crippen LogP contribution in [0.4, 0.5) is 0 Å². The first-order valence-electron chi connectivity index (χ1n) is 7.19. The van der Waals surface area contributed by atoms with Crippen molar-refractivity contribution in [2.24, 2.45) is 0 Å². The lowest BCUT2D eigenvalue weighted by molar-refractivity contribution is -0.127. The summed E-state index contributed by atoms with van der Waals surface area (Å²) in [6.07, 6.45) is 8.81. The Balaban J connectivity index is 1.63. The van der Waals surface area contributed by atoms with Crippen molar-refractivity contribution in [2.75, 3.05) is 13.1 Å². The maximum Gasteiger partial charge on any atom is 0.246 e. The highest BCUT2D eigenvalue weighted by molar-refractivity contribution is 5.91. The van der Waals surface area contributed by atoms with Crippen LogP contribution in [-0.4, -0.2) is 38.7 Å². The van der Waals surface area contributed by atoms with Crippen molar-refractivity contribution in [3.63, 3.8) is 0 Å². The van der Waals surface area contributed by atoms with Gasteiger partial charge in [0.15, 0.2) is 0 Å². The van der Waals surface area contributed by atoms with E-state index in [1.165, 1.54) is 6.33 Å². The van der Waals surface area contributed by atoms with Crippen LogP contribution in [0.15, 0.2) is 49.1 Å². The smallest absolute Gasteiger partial charge is 0.246 e. The Labute approximate surface area is 123 Å². The maximum absolute atomic E-state index is 12.3. The number of carbonyl (C=O) groups is 1. The molecule has 1 aliphatic rings. The molecule has 3 rings (SSSR count). The van der Waals surface area contributed by atoms with Crippen LogP contribution in [0.3, 0.4) is 0 Å². The molecule has 0 unspecified atom stereocenters. The number of amides is 1. The number of nitrogens with zero attached hydrogens (tertiary/aromatic N) is 4. The van der Waals surface area contributed by atoms with Gasteiger partial charge in [-0.25, -0.2) is 9.67 Å². The molecule has 1 amide bonds. The Morgan fingerprint density at radius 2 is 2.14 bits per heavy atom. The normalized spacial score (nSPS) is 19.0. The molecule has 0 radical (unpaired) electrons. The molecule has 0 saturated carbocycles. The van der Waals surface area contributed by atoms with Crippen LogP contribution in [0.1, 0.15) is 24.4 Å². The minimum atomic E-state index is 0.0590. The zero-order valence-electron chi connectivity index (χ0n) is 11.8. The molecule has 0 aliphatic carbocycles. The molecule has 0 spiro atoms. The molecule has 5 heteroatoms. The van der Waals surface area contributed by atoms with Gasteiger partial charge in [-0.2, -0.15) is 5.10 Å². The van der Waals surface area contributed by atoms with Crippen LogP contribution in [0.5, 0.6) is 0 Å². The lowest BCUT2D eigenvalue weighted by Crippen LogP contribution is -2.40. The van der Waals surface area contributed by atoms with Gasteiger partial charge in [-0.15, -0.1) is 0 Å². The van der Waals surface area contributed by atoms with Crippen molar-refractivity contribution < 1.29 is 4.79 Å². The molecule has 108 valence electrons. The third kappa shape index (κ3) is 3.37. The van der Waals surface area contributed by atoms with E-state index < -0.39 is 0 Å². The van der Waals surface area contributed by atoms with Crippen LogP contribution >= 0.6 is 0 Å². The van der Waals surface area contributed by atoms with Gasteiger partial charge in [-0.3, -0.25) is 4.79 Å². The van der Waals surface area contributed by atoms with Crippen molar-refractivity contribution in [2.45, 2.75) is 18.9 Å². The Morgan fingerprint density at radius 1 is 1.29 bits per heavy atom. The molecular weight excluding hydrogens is 264 g/mol. The first kappa shape index (κ1) is 13.5. The molecule has 1 aromatic heterocycles. The van der Waals surface area contributed by atoms with Crippen LogP contribution < -0.4 is 0 Å². The Kier molecular flexibility index (Phi) is 4.09. The lowest BCUT2D eigenvalue weighted by Gasteiger charge is -2.31. The second-order valence-electron chi connectivity index (χ2n) is 5.20. The fourth-order valence-corrected chi connectivity index (χ4v) is 2.61. The van der Waals surface area contributed by atoms with Crippen molar-refractivity contribution in [3.05, 3.63) is 54.6 Å². The van der Waals surface area contributed by atoms with Crippen molar-refractivity contribution >= 4 is 12.0 Å². The molecule has 21 heavy (non-hydrogen) atoms. The maximum atomic E-state index is 12.3. The number of aromatic nitrogens is 3. The van der Waals surface area contributed by atoms with Gasteiger partial charge in [0, 0.05) is 19.2 Å². The fraction of sp³-hybridized carbons (Fsp3) is 0.312. The third-order valence-electron chi connectivity index (χ3n) is 3.74. The zero-order chi connectivity index (χ0) is 14.5. The second kappa shape index (κ2) is 6.35. The minimum absolute atomic E-state index is 0.0590. The van der Waals surface area contributed by atoms with Crippen LogP contribution in [0.2, 0.25) is 0 Å². The van der Waals surface area contributed by atoms with Crippen LogP contribution in [-0.2, 0) is 4.79 Å². The van der Waals surface area contributed by atoms with Crippen molar-refractivity contribution in [1.29, 1.82) is 0 Å². The van der Waals surface area contributed by atoms with Crippen LogP contribution in [0, 0.1) is 0 Å². The molecule has 1 aliphatic heterocycles. The van der Waals surface area contributed by atoms with Gasteiger partial charge in [-0.1, -0.05) is 30.3 Å². The Morgan fingerprint density at radius 3 is 2.90 bits per heavy atom. The topological polar surface area (TPSA) is 51.0 Å². The molecular formula is C16H18N4O. The van der Waals surface area contributed by atoms with E-state index in [9.17, 15) is 4.79 Å². The molecule has 2 aromatic rings. The number of piperidine rings is 1. The summed E-state index contributed by atoms with van der Waals surface area (Å²) in [5.74, 6) is 0.0590. The predicted molar refractivity (Wildman–Crippen MR) is 80.3 cm³/mol. The number of likely N-dealkylation sites (tertiary alicyclic amines) is 1. The number of hydrogen-bond acceptors (Lipinski definition) is 3. The quantitative estimate of drug-likeness (QED) is 0.811. The van der Waals surface area contributed by atoms with Gasteiger partial charge < -0.3 is 4.90 Å². The summed E-state index contributed by atoms with van der Waals surface area (Å²) in [7, 11) is 0. The van der Waals surface area contributed by atoms with E-state index >= 15 is 0 Å². The summed E-state index contributed by atoms with van der Waals surface area (Å²) in [6, 6.07) is 10.1. The molecule has 0 N–H and O–H groups in total. The van der Waals surface area contributed by atoms with E-state index in [2.05, 4.69) is 10.1 Å². The SMILES string of the molecule is O=C(/C=C/c1ccccc1)N1CCC[C@H](n2cncn2)C1. The number of carbonyl (C=O) groups excluding carboxylic acids is 1. The third-order valence-corrected chi connectivity index (χ3v) is 3.74. The molecule has 1 saturated heterocycles. The van der Waals surface area contributed by atoms with Gasteiger partial charge in [-0.05, 0) is 24.5 Å². The van der Waals surface area contributed by atoms with E-state index in [1.54, 1.807) is 12.4 Å². The standard InChI is InChI=1S/C16H18N4O/c21-16(9-8-14-5-2-1-3-6-14)19-10-4-7-15(11-19)20-13-17-12-18-20/h1-3,5-6,8-9,12-13,15H,4,7,10-11H2/b9-8+/t15-/m0/s1. The van der Waals surface area contributed by atoms with Crippen molar-refractivity contribution in [3.8, 4) is 0 Å². The zero-order valence-corrected chi connectivity index (χ0v) is 11.8. The van der Waals surface area contributed by atoms with E-state index in [0.717, 1.165) is 24.9 Å². The Hall–Kier alpha value is -2.43. The summed E-state index contributed by atoms with van der Waals surface area (Å²) < 4.78 is 1.85. The van der Waals surface area contributed by atoms with Gasteiger partial charge >= 0.3 is 0 Å². The first-order valence-corrected chi connectivity index (χ1v) is 7.19. The highest BCUT2D eigenvalue weighted by Gasteiger charge is 2.23. The summed E-state index contributed by atoms with van der Waals surface area (Å²) >= 11 is 0. The second-order valence-corrected chi connectivity index (χ2v) is 5.20. The summed E-state index contributed by atoms with van der Waals surface area (Å²) in [6.45, 7) is 1.50. The van der Waals surface area contributed by atoms with Crippen LogP contribution in [0.25, 0.3) is 6.08 Å². The highest BCUT2D eigenvalue weighted by Crippen LogP contribution is 2.20. The van der Waals surface area contributed by atoms with Gasteiger partial charge in [0.25, 0.3) is 0 Å². The van der Waals surface area contributed by atoms with Gasteiger partial charge in [0.1, 0.15) is 12.7 Å². The Bertz CT molecular complexity index is 606. The first-order chi connectivity index (χ1) is 10.3. The average molecular weight is 282 g/mol.